The molecule has 1 heterocycles. The Kier molecular flexibility index (Phi) is 3.34. The number of halogens is 2. The molecule has 5 nitrogen and oxygen atoms in total. The molecule has 7 heteroatoms. The number of nitro groups is 1. The predicted molar refractivity (Wildman–Crippen MR) is 54.7 cm³/mol. The number of hydrogen-bond acceptors (Lipinski definition) is 3. The summed E-state index contributed by atoms with van der Waals surface area (Å²) in [4.78, 5) is 14.6. The van der Waals surface area contributed by atoms with E-state index in [1.165, 1.54) is 6.08 Å². The van der Waals surface area contributed by atoms with Gasteiger partial charge in [-0.1, -0.05) is 42.1 Å². The van der Waals surface area contributed by atoms with E-state index >= 15 is 0 Å². The molecule has 1 atom stereocenters. The number of hydrogen-bond donors (Lipinski definition) is 0. The van der Waals surface area contributed by atoms with Gasteiger partial charge in [0.2, 0.25) is 0 Å². The van der Waals surface area contributed by atoms with Crippen molar-refractivity contribution < 1.29 is 5.03 Å². The first-order valence-corrected chi connectivity index (χ1v) is 4.78. The topological polar surface area (TPSA) is 58.7 Å². The molecule has 0 aromatic carbocycles. The van der Waals surface area contributed by atoms with Crippen LogP contribution in [0.5, 0.6) is 0 Å². The summed E-state index contributed by atoms with van der Waals surface area (Å²) in [7, 11) is 0. The fourth-order valence-corrected chi connectivity index (χ4v) is 1.64. The van der Waals surface area contributed by atoms with Gasteiger partial charge in [-0.3, -0.25) is 0 Å². The van der Waals surface area contributed by atoms with Gasteiger partial charge >= 0.3 is 0 Å². The Morgan fingerprint density at radius 2 is 2.29 bits per heavy atom. The van der Waals surface area contributed by atoms with Crippen molar-refractivity contribution in [2.24, 2.45) is 10.9 Å². The first-order valence-electron chi connectivity index (χ1n) is 3.97. The molecule has 0 aliphatic carbocycles. The van der Waals surface area contributed by atoms with Crippen molar-refractivity contribution >= 4 is 29.0 Å². The van der Waals surface area contributed by atoms with E-state index in [-0.39, 0.29) is 16.9 Å². The van der Waals surface area contributed by atoms with Gasteiger partial charge in [-0.15, -0.1) is 0 Å². The fourth-order valence-electron chi connectivity index (χ4n) is 1.08. The van der Waals surface area contributed by atoms with E-state index in [1.807, 2.05) is 0 Å². The largest absolute Gasteiger partial charge is 0.234 e. The molecule has 0 amide bonds. The summed E-state index contributed by atoms with van der Waals surface area (Å²) in [6.45, 7) is 3.57. The summed E-state index contributed by atoms with van der Waals surface area (Å²) in [5.74, 6) is 0.159. The third-order valence-electron chi connectivity index (χ3n) is 1.66. The summed E-state index contributed by atoms with van der Waals surface area (Å²) < 4.78 is 0. The zero-order valence-corrected chi connectivity index (χ0v) is 9.16. The molecule has 1 aliphatic heterocycles. The van der Waals surface area contributed by atoms with E-state index in [4.69, 9.17) is 23.2 Å². The van der Waals surface area contributed by atoms with Crippen molar-refractivity contribution in [3.05, 3.63) is 21.3 Å². The molecule has 14 heavy (non-hydrogen) atoms. The van der Waals surface area contributed by atoms with E-state index in [2.05, 4.69) is 4.99 Å². The van der Waals surface area contributed by atoms with E-state index in [9.17, 15) is 10.1 Å². The van der Waals surface area contributed by atoms with E-state index < -0.39 is 10.5 Å². The minimum Gasteiger partial charge on any atom is -0.234 e. The minimum atomic E-state index is -0.882. The van der Waals surface area contributed by atoms with Crippen LogP contribution in [-0.4, -0.2) is 21.4 Å². The second kappa shape index (κ2) is 4.14. The molecule has 1 aliphatic rings. The number of rotatable bonds is 2. The summed E-state index contributed by atoms with van der Waals surface area (Å²) in [6, 6.07) is 0. The molecule has 0 radical (unpaired) electrons. The normalized spacial score (nSPS) is 22.1. The van der Waals surface area contributed by atoms with E-state index in [0.29, 0.717) is 0 Å². The summed E-state index contributed by atoms with van der Waals surface area (Å²) in [5, 5.41) is 11.1. The molecule has 0 aromatic heterocycles. The lowest BCUT2D eigenvalue weighted by molar-refractivity contribution is -0.631. The van der Waals surface area contributed by atoms with Crippen LogP contribution in [0.4, 0.5) is 0 Å². The number of aliphatic imine (C=N–C) groups is 1. The molecule has 0 N–H and O–H groups in total. The Bertz CT molecular complexity index is 314. The molecular weight excluding hydrogens is 229 g/mol. The van der Waals surface area contributed by atoms with Gasteiger partial charge < -0.3 is 0 Å². The van der Waals surface area contributed by atoms with E-state index in [0.717, 1.165) is 5.01 Å². The van der Waals surface area contributed by atoms with Crippen LogP contribution in [0.25, 0.3) is 0 Å². The Balaban J connectivity index is 3.06. The van der Waals surface area contributed by atoms with Crippen molar-refractivity contribution in [1.82, 2.24) is 5.01 Å². The lowest BCUT2D eigenvalue weighted by Gasteiger charge is -2.23. The van der Waals surface area contributed by atoms with Crippen LogP contribution in [0.15, 0.2) is 16.2 Å². The van der Waals surface area contributed by atoms with Crippen LogP contribution in [0.2, 0.25) is 0 Å². The molecule has 0 spiro atoms. The van der Waals surface area contributed by atoms with Gasteiger partial charge in [0.25, 0.3) is 0 Å². The SMILES string of the molecule is CC(C)C1=NC(Cl)=CC(Cl)N1[N+](=O)[O-]. The number of nitrogens with zero attached hydrogens (tertiary/aromatic N) is 3. The van der Waals surface area contributed by atoms with Crippen LogP contribution in [0.3, 0.4) is 0 Å². The van der Waals surface area contributed by atoms with Crippen LogP contribution in [0.1, 0.15) is 13.8 Å². The minimum absolute atomic E-state index is 0.107. The second-order valence-electron chi connectivity index (χ2n) is 3.07. The lowest BCUT2D eigenvalue weighted by Crippen LogP contribution is -2.44. The molecular formula is C7H9Cl2N3O2. The molecule has 1 unspecified atom stereocenters. The maximum atomic E-state index is 10.7. The highest BCUT2D eigenvalue weighted by atomic mass is 35.5. The second-order valence-corrected chi connectivity index (χ2v) is 3.90. The molecule has 0 saturated heterocycles. The molecule has 0 aromatic rings. The van der Waals surface area contributed by atoms with Crippen molar-refractivity contribution in [2.45, 2.75) is 19.3 Å². The Hall–Kier alpha value is -0.810. The Morgan fingerprint density at radius 3 is 2.71 bits per heavy atom. The average molecular weight is 238 g/mol. The monoisotopic (exact) mass is 237 g/mol. The summed E-state index contributed by atoms with van der Waals surface area (Å²) >= 11 is 11.4. The van der Waals surface area contributed by atoms with Gasteiger partial charge in [0.15, 0.2) is 16.4 Å². The lowest BCUT2D eigenvalue weighted by atomic mass is 10.2. The van der Waals surface area contributed by atoms with Gasteiger partial charge in [-0.25, -0.2) is 15.1 Å². The fraction of sp³-hybridized carbons (Fsp3) is 0.571. The van der Waals surface area contributed by atoms with Crippen LogP contribution < -0.4 is 0 Å². The number of alkyl halides is 1. The van der Waals surface area contributed by atoms with Crippen LogP contribution >= 0.6 is 23.2 Å². The Labute approximate surface area is 91.1 Å². The van der Waals surface area contributed by atoms with Crippen molar-refractivity contribution in [3.8, 4) is 0 Å². The summed E-state index contributed by atoms with van der Waals surface area (Å²) in [6.07, 6.45) is 1.32. The third kappa shape index (κ3) is 2.16. The van der Waals surface area contributed by atoms with Crippen molar-refractivity contribution in [3.63, 3.8) is 0 Å². The summed E-state index contributed by atoms with van der Waals surface area (Å²) in [5.41, 5.74) is -0.882. The number of hydrazine groups is 1. The highest BCUT2D eigenvalue weighted by Crippen LogP contribution is 2.22. The maximum absolute atomic E-state index is 10.7. The van der Waals surface area contributed by atoms with E-state index in [1.54, 1.807) is 13.8 Å². The van der Waals surface area contributed by atoms with Gasteiger partial charge in [0.1, 0.15) is 5.16 Å². The third-order valence-corrected chi connectivity index (χ3v) is 2.18. The van der Waals surface area contributed by atoms with Gasteiger partial charge in [0.05, 0.1) is 0 Å². The zero-order chi connectivity index (χ0) is 10.9. The maximum Gasteiger partial charge on any atom is 0.191 e. The average Bonchev–Trinajstić information content (AvgIpc) is 2.01. The van der Waals surface area contributed by atoms with Gasteiger partial charge in [-0.2, -0.15) is 0 Å². The highest BCUT2D eigenvalue weighted by Gasteiger charge is 2.34. The number of amidine groups is 1. The van der Waals surface area contributed by atoms with Crippen LogP contribution in [-0.2, 0) is 0 Å². The van der Waals surface area contributed by atoms with Gasteiger partial charge in [-0.05, 0) is 6.08 Å². The molecule has 0 bridgehead atoms. The van der Waals surface area contributed by atoms with Crippen molar-refractivity contribution in [1.29, 1.82) is 0 Å². The first kappa shape index (κ1) is 11.3. The zero-order valence-electron chi connectivity index (χ0n) is 7.65. The molecule has 78 valence electrons. The van der Waals surface area contributed by atoms with Gasteiger partial charge in [0, 0.05) is 5.92 Å². The molecule has 0 fully saturated rings. The van der Waals surface area contributed by atoms with Crippen molar-refractivity contribution in [2.75, 3.05) is 0 Å². The highest BCUT2D eigenvalue weighted by molar-refractivity contribution is 6.32. The Morgan fingerprint density at radius 1 is 1.71 bits per heavy atom. The molecule has 1 rings (SSSR count). The van der Waals surface area contributed by atoms with Crippen LogP contribution in [0, 0.1) is 16.0 Å². The smallest absolute Gasteiger partial charge is 0.191 e. The predicted octanol–water partition coefficient (Wildman–Crippen LogP) is 2.19. The molecule has 0 saturated carbocycles. The standard InChI is InChI=1S/C7H9Cl2N3O2/c1-4(2)7-10-5(8)3-6(9)11(7)12(13)14/h3-4,6H,1-2H3. The first-order chi connectivity index (χ1) is 6.43. The quantitative estimate of drug-likeness (QED) is 0.320.